The number of benzene rings is 1. The Morgan fingerprint density at radius 1 is 1.21 bits per heavy atom. The van der Waals surface area contributed by atoms with Crippen molar-refractivity contribution < 1.29 is 0 Å². The number of aryl methyl sites for hydroxylation is 1. The fourth-order valence-corrected chi connectivity index (χ4v) is 4.77. The molecule has 19 heavy (non-hydrogen) atoms. The Bertz CT molecular complexity index is 482. The van der Waals surface area contributed by atoms with Gasteiger partial charge in [0.15, 0.2) is 0 Å². The van der Waals surface area contributed by atoms with E-state index in [4.69, 9.17) is 5.73 Å². The van der Waals surface area contributed by atoms with Crippen molar-refractivity contribution >= 4 is 11.4 Å². The molecule has 0 amide bonds. The van der Waals surface area contributed by atoms with E-state index in [9.17, 15) is 0 Å². The van der Waals surface area contributed by atoms with Crippen molar-refractivity contribution in [2.75, 3.05) is 23.7 Å². The maximum atomic E-state index is 5.92. The predicted octanol–water partition coefficient (Wildman–Crippen LogP) is 3.46. The predicted molar refractivity (Wildman–Crippen MR) is 80.3 cm³/mol. The first-order chi connectivity index (χ1) is 9.29. The van der Waals surface area contributed by atoms with Crippen LogP contribution in [0.1, 0.15) is 37.7 Å². The van der Waals surface area contributed by atoms with Crippen LogP contribution in [0.4, 0.5) is 11.4 Å². The van der Waals surface area contributed by atoms with Crippen LogP contribution in [-0.2, 0) is 6.42 Å². The van der Waals surface area contributed by atoms with Gasteiger partial charge in [0, 0.05) is 24.5 Å². The number of hydrogen-bond acceptors (Lipinski definition) is 2. The molecule has 2 aliphatic carbocycles. The molecule has 4 rings (SSSR count). The molecule has 2 fully saturated rings. The van der Waals surface area contributed by atoms with Crippen molar-refractivity contribution in [2.24, 2.45) is 17.8 Å². The van der Waals surface area contributed by atoms with Gasteiger partial charge < -0.3 is 10.6 Å². The van der Waals surface area contributed by atoms with E-state index in [1.54, 1.807) is 0 Å². The third-order valence-electron chi connectivity index (χ3n) is 5.66. The molecule has 2 heteroatoms. The largest absolute Gasteiger partial charge is 0.399 e. The molecule has 3 atom stereocenters. The smallest absolute Gasteiger partial charge is 0.0400 e. The zero-order valence-corrected chi connectivity index (χ0v) is 11.6. The number of anilines is 2. The van der Waals surface area contributed by atoms with E-state index in [0.29, 0.717) is 0 Å². The van der Waals surface area contributed by atoms with Crippen LogP contribution in [0.2, 0.25) is 0 Å². The standard InChI is InChI=1S/C17H24N2/c18-16-5-6-17-14(10-16)2-1-7-19(17)11-15-9-12-3-4-13(15)8-12/h5-6,10,12-13,15H,1-4,7-9,11,18H2. The molecule has 102 valence electrons. The van der Waals surface area contributed by atoms with Gasteiger partial charge in [0.1, 0.15) is 0 Å². The van der Waals surface area contributed by atoms with Crippen LogP contribution >= 0.6 is 0 Å². The Hall–Kier alpha value is -1.18. The van der Waals surface area contributed by atoms with Crippen LogP contribution in [0.3, 0.4) is 0 Å². The van der Waals surface area contributed by atoms with Crippen LogP contribution in [0.25, 0.3) is 0 Å². The molecule has 1 aromatic rings. The highest BCUT2D eigenvalue weighted by molar-refractivity contribution is 5.61. The summed E-state index contributed by atoms with van der Waals surface area (Å²) in [5, 5.41) is 0. The van der Waals surface area contributed by atoms with Crippen molar-refractivity contribution in [2.45, 2.75) is 38.5 Å². The highest BCUT2D eigenvalue weighted by Crippen LogP contribution is 2.49. The Morgan fingerprint density at radius 3 is 2.95 bits per heavy atom. The van der Waals surface area contributed by atoms with E-state index in [1.807, 2.05) is 0 Å². The van der Waals surface area contributed by atoms with Crippen molar-refractivity contribution in [3.63, 3.8) is 0 Å². The summed E-state index contributed by atoms with van der Waals surface area (Å²) in [7, 11) is 0. The van der Waals surface area contributed by atoms with Crippen LogP contribution in [0.15, 0.2) is 18.2 Å². The number of hydrogen-bond donors (Lipinski definition) is 1. The summed E-state index contributed by atoms with van der Waals surface area (Å²) in [5.41, 5.74) is 9.77. The van der Waals surface area contributed by atoms with Gasteiger partial charge in [-0.3, -0.25) is 0 Å². The number of rotatable bonds is 2. The summed E-state index contributed by atoms with van der Waals surface area (Å²) in [6, 6.07) is 6.50. The maximum Gasteiger partial charge on any atom is 0.0400 e. The Labute approximate surface area is 116 Å². The fraction of sp³-hybridized carbons (Fsp3) is 0.647. The summed E-state index contributed by atoms with van der Waals surface area (Å²) in [6.07, 6.45) is 8.51. The van der Waals surface area contributed by atoms with Gasteiger partial charge in [0.25, 0.3) is 0 Å². The molecule has 3 unspecified atom stereocenters. The highest BCUT2D eigenvalue weighted by Gasteiger charge is 2.40. The first-order valence-corrected chi connectivity index (χ1v) is 7.93. The van der Waals surface area contributed by atoms with E-state index in [0.717, 1.165) is 23.4 Å². The van der Waals surface area contributed by atoms with Crippen LogP contribution in [0.5, 0.6) is 0 Å². The first-order valence-electron chi connectivity index (χ1n) is 7.93. The lowest BCUT2D eigenvalue weighted by Crippen LogP contribution is -2.35. The van der Waals surface area contributed by atoms with E-state index in [-0.39, 0.29) is 0 Å². The van der Waals surface area contributed by atoms with Gasteiger partial charge in [-0.1, -0.05) is 6.42 Å². The molecule has 2 nitrogen and oxygen atoms in total. The molecular weight excluding hydrogens is 232 g/mol. The number of nitrogens with zero attached hydrogens (tertiary/aromatic N) is 1. The minimum atomic E-state index is 0.917. The topological polar surface area (TPSA) is 29.3 Å². The molecule has 3 aliphatic rings. The molecule has 0 radical (unpaired) electrons. The van der Waals surface area contributed by atoms with Crippen LogP contribution in [0, 0.1) is 17.8 Å². The first kappa shape index (κ1) is 11.6. The van der Waals surface area contributed by atoms with Crippen molar-refractivity contribution in [3.8, 4) is 0 Å². The lowest BCUT2D eigenvalue weighted by atomic mass is 9.87. The van der Waals surface area contributed by atoms with Crippen molar-refractivity contribution in [3.05, 3.63) is 23.8 Å². The van der Waals surface area contributed by atoms with Gasteiger partial charge in [-0.05, 0) is 73.6 Å². The number of nitrogens with two attached hydrogens (primary N) is 1. The van der Waals surface area contributed by atoms with E-state index >= 15 is 0 Å². The zero-order valence-electron chi connectivity index (χ0n) is 11.6. The number of fused-ring (bicyclic) bond motifs is 3. The molecule has 2 saturated carbocycles. The van der Waals surface area contributed by atoms with Gasteiger partial charge in [-0.15, -0.1) is 0 Å². The Kier molecular flexibility index (Phi) is 2.71. The molecule has 2 N–H and O–H groups in total. The molecule has 0 saturated heterocycles. The average molecular weight is 256 g/mol. The van der Waals surface area contributed by atoms with Crippen LogP contribution in [-0.4, -0.2) is 13.1 Å². The van der Waals surface area contributed by atoms with E-state index < -0.39 is 0 Å². The zero-order chi connectivity index (χ0) is 12.8. The molecule has 1 aliphatic heterocycles. The summed E-state index contributed by atoms with van der Waals surface area (Å²) in [6.45, 7) is 2.53. The monoisotopic (exact) mass is 256 g/mol. The van der Waals surface area contributed by atoms with Gasteiger partial charge in [-0.2, -0.15) is 0 Å². The molecule has 1 heterocycles. The normalized spacial score (nSPS) is 32.6. The second-order valence-corrected chi connectivity index (χ2v) is 6.87. The van der Waals surface area contributed by atoms with Crippen molar-refractivity contribution in [1.82, 2.24) is 0 Å². The van der Waals surface area contributed by atoms with Crippen molar-refractivity contribution in [1.29, 1.82) is 0 Å². The van der Waals surface area contributed by atoms with Gasteiger partial charge in [-0.25, -0.2) is 0 Å². The molecule has 0 aromatic heterocycles. The molecular formula is C17H24N2. The third-order valence-corrected chi connectivity index (χ3v) is 5.66. The quantitative estimate of drug-likeness (QED) is 0.821. The minimum absolute atomic E-state index is 0.917. The summed E-state index contributed by atoms with van der Waals surface area (Å²) in [4.78, 5) is 2.64. The Morgan fingerprint density at radius 2 is 2.16 bits per heavy atom. The SMILES string of the molecule is Nc1ccc2c(c1)CCCN2CC1CC2CCC1C2. The lowest BCUT2D eigenvalue weighted by molar-refractivity contribution is 0.332. The van der Waals surface area contributed by atoms with E-state index in [1.165, 1.54) is 62.9 Å². The van der Waals surface area contributed by atoms with Crippen LogP contribution < -0.4 is 10.6 Å². The van der Waals surface area contributed by atoms with Gasteiger partial charge in [0.2, 0.25) is 0 Å². The number of nitrogen functional groups attached to an aromatic ring is 1. The Balaban J connectivity index is 1.54. The summed E-state index contributed by atoms with van der Waals surface area (Å²) >= 11 is 0. The lowest BCUT2D eigenvalue weighted by Gasteiger charge is -2.35. The second kappa shape index (κ2) is 4.43. The van der Waals surface area contributed by atoms with E-state index in [2.05, 4.69) is 23.1 Å². The molecule has 1 aromatic carbocycles. The molecule has 0 spiro atoms. The average Bonchev–Trinajstić information content (AvgIpc) is 3.01. The van der Waals surface area contributed by atoms with Gasteiger partial charge >= 0.3 is 0 Å². The second-order valence-electron chi connectivity index (χ2n) is 6.87. The van der Waals surface area contributed by atoms with Gasteiger partial charge in [0.05, 0.1) is 0 Å². The minimum Gasteiger partial charge on any atom is -0.399 e. The fourth-order valence-electron chi connectivity index (χ4n) is 4.77. The highest BCUT2D eigenvalue weighted by atomic mass is 15.1. The summed E-state index contributed by atoms with van der Waals surface area (Å²) < 4.78 is 0. The summed E-state index contributed by atoms with van der Waals surface area (Å²) in [5.74, 6) is 3.05. The third kappa shape index (κ3) is 2.01. The molecule has 2 bridgehead atoms. The maximum absolute atomic E-state index is 5.92.